The van der Waals surface area contributed by atoms with E-state index in [1.807, 2.05) is 38.1 Å². The Morgan fingerprint density at radius 1 is 1.18 bits per heavy atom. The van der Waals surface area contributed by atoms with Crippen LogP contribution in [0.25, 0.3) is 0 Å². The Balaban J connectivity index is 2.00. The molecule has 5 heteroatoms. The summed E-state index contributed by atoms with van der Waals surface area (Å²) in [6.45, 7) is 5.65. The van der Waals surface area contributed by atoms with Crippen LogP contribution in [-0.4, -0.2) is 16.8 Å². The molecule has 0 fully saturated rings. The first-order chi connectivity index (χ1) is 10.4. The van der Waals surface area contributed by atoms with Crippen molar-refractivity contribution in [3.05, 3.63) is 51.5 Å². The van der Waals surface area contributed by atoms with Gasteiger partial charge < -0.3 is 10.4 Å². The molecule has 0 aliphatic carbocycles. The maximum atomic E-state index is 12.1. The van der Waals surface area contributed by atoms with Crippen LogP contribution in [0.3, 0.4) is 0 Å². The largest absolute Gasteiger partial charge is 0.507 e. The molecule has 3 nitrogen and oxygen atoms in total. The molecule has 1 amide bonds. The molecule has 0 bridgehead atoms. The van der Waals surface area contributed by atoms with Crippen LogP contribution in [0.4, 0.5) is 5.69 Å². The van der Waals surface area contributed by atoms with Crippen molar-refractivity contribution in [2.75, 3.05) is 11.1 Å². The highest BCUT2D eigenvalue weighted by molar-refractivity contribution is 9.10. The Labute approximate surface area is 143 Å². The second-order valence-electron chi connectivity index (χ2n) is 5.15. The molecular weight excluding hydrogens is 362 g/mol. The first-order valence-electron chi connectivity index (χ1n) is 6.86. The predicted molar refractivity (Wildman–Crippen MR) is 95.8 cm³/mol. The van der Waals surface area contributed by atoms with Gasteiger partial charge in [0.2, 0.25) is 5.91 Å². The number of carbonyl (C=O) groups is 1. The summed E-state index contributed by atoms with van der Waals surface area (Å²) in [4.78, 5) is 13.2. The number of nitrogens with one attached hydrogen (secondary N) is 1. The Kier molecular flexibility index (Phi) is 5.53. The van der Waals surface area contributed by atoms with E-state index in [1.54, 1.807) is 13.0 Å². The number of thioether (sulfide) groups is 1. The lowest BCUT2D eigenvalue weighted by Crippen LogP contribution is -2.15. The van der Waals surface area contributed by atoms with Crippen molar-refractivity contribution >= 4 is 39.3 Å². The van der Waals surface area contributed by atoms with Crippen LogP contribution >= 0.6 is 27.7 Å². The van der Waals surface area contributed by atoms with Crippen molar-refractivity contribution in [2.45, 2.75) is 25.7 Å². The molecule has 116 valence electrons. The zero-order valence-electron chi connectivity index (χ0n) is 12.7. The van der Waals surface area contributed by atoms with Crippen LogP contribution in [0.5, 0.6) is 5.75 Å². The molecule has 2 aromatic rings. The van der Waals surface area contributed by atoms with Crippen LogP contribution in [0.2, 0.25) is 0 Å². The van der Waals surface area contributed by atoms with Crippen molar-refractivity contribution in [1.29, 1.82) is 0 Å². The van der Waals surface area contributed by atoms with Crippen molar-refractivity contribution in [3.8, 4) is 5.75 Å². The van der Waals surface area contributed by atoms with Crippen molar-refractivity contribution < 1.29 is 9.90 Å². The third-order valence-electron chi connectivity index (χ3n) is 3.40. The van der Waals surface area contributed by atoms with Gasteiger partial charge in [0, 0.05) is 20.6 Å². The lowest BCUT2D eigenvalue weighted by molar-refractivity contribution is -0.113. The number of carbonyl (C=O) groups excluding carboxylic acids is 1. The fraction of sp³-hybridized carbons (Fsp3) is 0.235. The number of rotatable bonds is 4. The van der Waals surface area contributed by atoms with Crippen LogP contribution in [0, 0.1) is 20.8 Å². The van der Waals surface area contributed by atoms with Gasteiger partial charge in [-0.1, -0.05) is 22.0 Å². The van der Waals surface area contributed by atoms with E-state index >= 15 is 0 Å². The van der Waals surface area contributed by atoms with E-state index in [1.165, 1.54) is 11.8 Å². The summed E-state index contributed by atoms with van der Waals surface area (Å²) in [5.74, 6) is 0.476. The number of hydrogen-bond donors (Lipinski definition) is 2. The SMILES string of the molecule is Cc1cc(Br)ccc1SCC(=O)Nc1ccc(C)c(O)c1C. The monoisotopic (exact) mass is 379 g/mol. The van der Waals surface area contributed by atoms with E-state index in [2.05, 4.69) is 21.2 Å². The summed E-state index contributed by atoms with van der Waals surface area (Å²) in [6, 6.07) is 9.61. The number of benzene rings is 2. The lowest BCUT2D eigenvalue weighted by Gasteiger charge is -2.11. The van der Waals surface area contributed by atoms with Gasteiger partial charge in [-0.3, -0.25) is 4.79 Å². The summed E-state index contributed by atoms with van der Waals surface area (Å²) >= 11 is 4.93. The van der Waals surface area contributed by atoms with Crippen molar-refractivity contribution in [2.24, 2.45) is 0 Å². The second-order valence-corrected chi connectivity index (χ2v) is 7.08. The molecule has 0 saturated carbocycles. The van der Waals surface area contributed by atoms with E-state index in [4.69, 9.17) is 0 Å². The van der Waals surface area contributed by atoms with Crippen LogP contribution in [0.15, 0.2) is 39.7 Å². The first-order valence-corrected chi connectivity index (χ1v) is 8.64. The Morgan fingerprint density at radius 3 is 2.59 bits per heavy atom. The molecule has 0 spiro atoms. The zero-order chi connectivity index (χ0) is 16.3. The normalized spacial score (nSPS) is 10.5. The van der Waals surface area contributed by atoms with Gasteiger partial charge in [0.1, 0.15) is 5.75 Å². The van der Waals surface area contributed by atoms with Gasteiger partial charge >= 0.3 is 0 Å². The second kappa shape index (κ2) is 7.20. The Bertz CT molecular complexity index is 716. The molecule has 0 radical (unpaired) electrons. The summed E-state index contributed by atoms with van der Waals surface area (Å²) < 4.78 is 1.03. The molecule has 0 aliphatic rings. The number of anilines is 1. The number of aryl methyl sites for hydroxylation is 2. The van der Waals surface area contributed by atoms with Gasteiger partial charge in [-0.15, -0.1) is 11.8 Å². The minimum Gasteiger partial charge on any atom is -0.507 e. The molecule has 0 aliphatic heterocycles. The predicted octanol–water partition coefficient (Wildman–Crippen LogP) is 4.81. The highest BCUT2D eigenvalue weighted by Gasteiger charge is 2.10. The average Bonchev–Trinajstić information content (AvgIpc) is 2.47. The van der Waals surface area contributed by atoms with E-state index < -0.39 is 0 Å². The van der Waals surface area contributed by atoms with Crippen LogP contribution < -0.4 is 5.32 Å². The van der Waals surface area contributed by atoms with Gasteiger partial charge in [0.25, 0.3) is 0 Å². The van der Waals surface area contributed by atoms with Crippen molar-refractivity contribution in [3.63, 3.8) is 0 Å². The van der Waals surface area contributed by atoms with E-state index in [0.717, 1.165) is 20.5 Å². The van der Waals surface area contributed by atoms with Crippen LogP contribution in [-0.2, 0) is 4.79 Å². The Morgan fingerprint density at radius 2 is 1.91 bits per heavy atom. The number of hydrogen-bond acceptors (Lipinski definition) is 3. The topological polar surface area (TPSA) is 49.3 Å². The molecule has 2 N–H and O–H groups in total. The molecule has 0 unspecified atom stereocenters. The minimum atomic E-state index is -0.0846. The molecule has 2 aromatic carbocycles. The third kappa shape index (κ3) is 4.05. The highest BCUT2D eigenvalue weighted by Crippen LogP contribution is 2.29. The van der Waals surface area contributed by atoms with E-state index in [0.29, 0.717) is 17.0 Å². The molecule has 22 heavy (non-hydrogen) atoms. The lowest BCUT2D eigenvalue weighted by atomic mass is 10.1. The summed E-state index contributed by atoms with van der Waals surface area (Å²) in [7, 11) is 0. The molecule has 0 saturated heterocycles. The maximum Gasteiger partial charge on any atom is 0.234 e. The zero-order valence-corrected chi connectivity index (χ0v) is 15.1. The molecule has 2 rings (SSSR count). The summed E-state index contributed by atoms with van der Waals surface area (Å²) in [5, 5.41) is 12.8. The molecular formula is C17H18BrNO2S. The average molecular weight is 380 g/mol. The highest BCUT2D eigenvalue weighted by atomic mass is 79.9. The van der Waals surface area contributed by atoms with Gasteiger partial charge in [-0.05, 0) is 56.2 Å². The Hall–Kier alpha value is -1.46. The number of phenolic OH excluding ortho intramolecular Hbond substituents is 1. The number of aromatic hydroxyl groups is 1. The van der Waals surface area contributed by atoms with Gasteiger partial charge in [0.05, 0.1) is 5.75 Å². The smallest absolute Gasteiger partial charge is 0.234 e. The third-order valence-corrected chi connectivity index (χ3v) is 5.07. The minimum absolute atomic E-state index is 0.0846. The maximum absolute atomic E-state index is 12.1. The fourth-order valence-electron chi connectivity index (χ4n) is 2.08. The fourth-order valence-corrected chi connectivity index (χ4v) is 3.36. The standard InChI is InChI=1S/C17H18BrNO2S/c1-10-4-6-14(12(3)17(10)21)19-16(20)9-22-15-7-5-13(18)8-11(15)2/h4-8,21H,9H2,1-3H3,(H,19,20). The molecule has 0 aromatic heterocycles. The first kappa shape index (κ1) is 16.9. The van der Waals surface area contributed by atoms with Gasteiger partial charge in [-0.2, -0.15) is 0 Å². The number of phenols is 1. The van der Waals surface area contributed by atoms with Gasteiger partial charge in [0.15, 0.2) is 0 Å². The van der Waals surface area contributed by atoms with Crippen LogP contribution in [0.1, 0.15) is 16.7 Å². The number of amides is 1. The quantitative estimate of drug-likeness (QED) is 0.749. The van der Waals surface area contributed by atoms with Crippen molar-refractivity contribution in [1.82, 2.24) is 0 Å². The van der Waals surface area contributed by atoms with Gasteiger partial charge in [-0.25, -0.2) is 0 Å². The summed E-state index contributed by atoms with van der Waals surface area (Å²) in [6.07, 6.45) is 0. The van der Waals surface area contributed by atoms with E-state index in [-0.39, 0.29) is 11.7 Å². The van der Waals surface area contributed by atoms with E-state index in [9.17, 15) is 9.90 Å². The molecule has 0 heterocycles. The molecule has 0 atom stereocenters. The summed E-state index contributed by atoms with van der Waals surface area (Å²) in [5.41, 5.74) is 3.28. The number of halogens is 1.